The Kier molecular flexibility index (Phi) is 6.01. The van der Waals surface area contributed by atoms with Crippen LogP contribution in [0, 0.1) is 5.92 Å². The standard InChI is InChI=1S/C27H27N3O4/c1-17-11-12-23-21(14-17)26(20-8-2-3-9-22(20)29-23)27(33)34-16-24(31)28-18-6-4-7-19(15-18)30-13-5-10-25(30)32/h2-4,6-9,15,17H,5,10-14,16H2,1H3,(H,28,31). The number of hydrogen-bond acceptors (Lipinski definition) is 5. The normalized spacial score (nSPS) is 17.5. The molecule has 1 aromatic heterocycles. The van der Waals surface area contributed by atoms with E-state index in [0.717, 1.165) is 53.5 Å². The summed E-state index contributed by atoms with van der Waals surface area (Å²) in [5, 5.41) is 3.52. The Morgan fingerprint density at radius 1 is 1.15 bits per heavy atom. The summed E-state index contributed by atoms with van der Waals surface area (Å²) in [6, 6.07) is 14.7. The maximum atomic E-state index is 13.2. The molecule has 5 rings (SSSR count). The monoisotopic (exact) mass is 457 g/mol. The third-order valence-corrected chi connectivity index (χ3v) is 6.56. The number of hydrogen-bond donors (Lipinski definition) is 1. The highest BCUT2D eigenvalue weighted by Crippen LogP contribution is 2.32. The van der Waals surface area contributed by atoms with Gasteiger partial charge in [0, 0.05) is 35.4 Å². The highest BCUT2D eigenvalue weighted by Gasteiger charge is 2.26. The van der Waals surface area contributed by atoms with E-state index in [2.05, 4.69) is 12.2 Å². The maximum Gasteiger partial charge on any atom is 0.339 e. The highest BCUT2D eigenvalue weighted by atomic mass is 16.5. The number of fused-ring (bicyclic) bond motifs is 2. The van der Waals surface area contributed by atoms with Crippen molar-refractivity contribution < 1.29 is 19.1 Å². The summed E-state index contributed by atoms with van der Waals surface area (Å²) in [6.45, 7) is 2.45. The summed E-state index contributed by atoms with van der Waals surface area (Å²) in [4.78, 5) is 44.3. The maximum absolute atomic E-state index is 13.2. The first-order valence-electron chi connectivity index (χ1n) is 11.8. The summed E-state index contributed by atoms with van der Waals surface area (Å²) in [6.07, 6.45) is 4.01. The van der Waals surface area contributed by atoms with Gasteiger partial charge in [0.05, 0.1) is 11.1 Å². The van der Waals surface area contributed by atoms with Crippen LogP contribution in [0.3, 0.4) is 0 Å². The van der Waals surface area contributed by atoms with Crippen molar-refractivity contribution in [2.24, 2.45) is 5.92 Å². The number of carbonyl (C=O) groups is 3. The van der Waals surface area contributed by atoms with Crippen LogP contribution in [0.2, 0.25) is 0 Å². The second kappa shape index (κ2) is 9.25. The number of nitrogens with zero attached hydrogens (tertiary/aromatic N) is 2. The number of amides is 2. The average molecular weight is 458 g/mol. The van der Waals surface area contributed by atoms with Crippen molar-refractivity contribution in [3.05, 3.63) is 65.4 Å². The first-order chi connectivity index (χ1) is 16.5. The molecule has 3 aromatic rings. The van der Waals surface area contributed by atoms with Gasteiger partial charge in [-0.3, -0.25) is 14.6 Å². The molecule has 174 valence electrons. The van der Waals surface area contributed by atoms with E-state index >= 15 is 0 Å². The molecule has 7 heteroatoms. The van der Waals surface area contributed by atoms with Gasteiger partial charge in [0.25, 0.3) is 5.91 Å². The van der Waals surface area contributed by atoms with Gasteiger partial charge in [-0.2, -0.15) is 0 Å². The zero-order chi connectivity index (χ0) is 23.7. The number of carbonyl (C=O) groups excluding carboxylic acids is 3. The van der Waals surface area contributed by atoms with Gasteiger partial charge >= 0.3 is 5.97 Å². The Hall–Kier alpha value is -3.74. The minimum Gasteiger partial charge on any atom is -0.452 e. The molecule has 34 heavy (non-hydrogen) atoms. The molecular weight excluding hydrogens is 430 g/mol. The summed E-state index contributed by atoms with van der Waals surface area (Å²) in [5.41, 5.74) is 4.47. The number of esters is 1. The van der Waals surface area contributed by atoms with E-state index in [-0.39, 0.29) is 5.91 Å². The molecule has 0 spiro atoms. The SMILES string of the molecule is CC1CCc2nc3ccccc3c(C(=O)OCC(=O)Nc3cccc(N4CCCC4=O)c3)c2C1. The molecule has 2 heterocycles. The van der Waals surface area contributed by atoms with E-state index in [4.69, 9.17) is 9.72 Å². The van der Waals surface area contributed by atoms with Gasteiger partial charge in [0.1, 0.15) is 0 Å². The van der Waals surface area contributed by atoms with Crippen LogP contribution in [0.4, 0.5) is 11.4 Å². The molecule has 1 N–H and O–H groups in total. The second-order valence-corrected chi connectivity index (χ2v) is 9.10. The minimum absolute atomic E-state index is 0.0830. The van der Waals surface area contributed by atoms with Crippen LogP contribution in [-0.2, 0) is 27.2 Å². The minimum atomic E-state index is -0.504. The topological polar surface area (TPSA) is 88.6 Å². The van der Waals surface area contributed by atoms with Gasteiger partial charge in [0.2, 0.25) is 5.91 Å². The average Bonchev–Trinajstić information content (AvgIpc) is 3.27. The number of para-hydroxylation sites is 1. The summed E-state index contributed by atoms with van der Waals surface area (Å²) < 4.78 is 5.48. The van der Waals surface area contributed by atoms with Crippen molar-refractivity contribution in [1.82, 2.24) is 4.98 Å². The summed E-state index contributed by atoms with van der Waals surface area (Å²) in [7, 11) is 0. The van der Waals surface area contributed by atoms with Crippen LogP contribution < -0.4 is 10.2 Å². The quantitative estimate of drug-likeness (QED) is 0.578. The molecule has 0 bridgehead atoms. The van der Waals surface area contributed by atoms with Crippen LogP contribution >= 0.6 is 0 Å². The zero-order valence-corrected chi connectivity index (χ0v) is 19.2. The first kappa shape index (κ1) is 22.1. The van der Waals surface area contributed by atoms with Crippen molar-refractivity contribution in [2.45, 2.75) is 39.0 Å². The van der Waals surface area contributed by atoms with E-state index in [1.54, 1.807) is 23.1 Å². The molecule has 0 saturated carbocycles. The predicted octanol–water partition coefficient (Wildman–Crippen LogP) is 4.28. The number of rotatable bonds is 5. The smallest absolute Gasteiger partial charge is 0.339 e. The molecule has 1 aliphatic heterocycles. The lowest BCUT2D eigenvalue weighted by molar-refractivity contribution is -0.119. The molecule has 1 aliphatic carbocycles. The number of aromatic nitrogens is 1. The molecule has 1 saturated heterocycles. The van der Waals surface area contributed by atoms with E-state index in [9.17, 15) is 14.4 Å². The van der Waals surface area contributed by atoms with Crippen molar-refractivity contribution in [3.8, 4) is 0 Å². The van der Waals surface area contributed by atoms with E-state index in [0.29, 0.717) is 30.1 Å². The molecule has 0 radical (unpaired) electrons. The third kappa shape index (κ3) is 4.38. The predicted molar refractivity (Wildman–Crippen MR) is 130 cm³/mol. The van der Waals surface area contributed by atoms with Crippen molar-refractivity contribution in [3.63, 3.8) is 0 Å². The molecule has 1 unspecified atom stereocenters. The molecule has 2 amide bonds. The molecule has 1 atom stereocenters. The largest absolute Gasteiger partial charge is 0.452 e. The van der Waals surface area contributed by atoms with Crippen molar-refractivity contribution >= 4 is 40.1 Å². The van der Waals surface area contributed by atoms with Crippen LogP contribution in [0.5, 0.6) is 0 Å². The molecular formula is C27H27N3O4. The Labute approximate surface area is 198 Å². The lowest BCUT2D eigenvalue weighted by Gasteiger charge is -2.24. The Morgan fingerprint density at radius 3 is 2.82 bits per heavy atom. The number of pyridine rings is 1. The molecule has 1 fully saturated rings. The van der Waals surface area contributed by atoms with Crippen LogP contribution in [0.25, 0.3) is 10.9 Å². The first-order valence-corrected chi connectivity index (χ1v) is 11.8. The van der Waals surface area contributed by atoms with Gasteiger partial charge in [-0.05, 0) is 61.4 Å². The van der Waals surface area contributed by atoms with Gasteiger partial charge < -0.3 is 15.0 Å². The number of anilines is 2. The lowest BCUT2D eigenvalue weighted by atomic mass is 9.84. The lowest BCUT2D eigenvalue weighted by Crippen LogP contribution is -2.25. The highest BCUT2D eigenvalue weighted by molar-refractivity contribution is 6.06. The Balaban J connectivity index is 1.31. The number of nitrogens with one attached hydrogen (secondary N) is 1. The van der Waals surface area contributed by atoms with Crippen LogP contribution in [0.15, 0.2) is 48.5 Å². The molecule has 2 aromatic carbocycles. The fourth-order valence-electron chi connectivity index (χ4n) is 4.87. The van der Waals surface area contributed by atoms with Crippen LogP contribution in [0.1, 0.15) is 47.8 Å². The number of ether oxygens (including phenoxy) is 1. The van der Waals surface area contributed by atoms with E-state index in [1.807, 2.05) is 30.3 Å². The number of benzene rings is 2. The fraction of sp³-hybridized carbons (Fsp3) is 0.333. The van der Waals surface area contributed by atoms with Crippen molar-refractivity contribution in [2.75, 3.05) is 23.4 Å². The van der Waals surface area contributed by atoms with Gasteiger partial charge in [-0.1, -0.05) is 31.2 Å². The Bertz CT molecular complexity index is 1290. The fourth-order valence-corrected chi connectivity index (χ4v) is 4.87. The summed E-state index contributed by atoms with van der Waals surface area (Å²) in [5.74, 6) is -0.394. The van der Waals surface area contributed by atoms with Gasteiger partial charge in [-0.15, -0.1) is 0 Å². The molecule has 7 nitrogen and oxygen atoms in total. The summed E-state index contributed by atoms with van der Waals surface area (Å²) >= 11 is 0. The van der Waals surface area contributed by atoms with Gasteiger partial charge in [-0.25, -0.2) is 4.79 Å². The molecule has 2 aliphatic rings. The number of aryl methyl sites for hydroxylation is 1. The van der Waals surface area contributed by atoms with Crippen molar-refractivity contribution in [1.29, 1.82) is 0 Å². The van der Waals surface area contributed by atoms with Gasteiger partial charge in [0.15, 0.2) is 6.61 Å². The second-order valence-electron chi connectivity index (χ2n) is 9.10. The van der Waals surface area contributed by atoms with E-state index < -0.39 is 18.5 Å². The van der Waals surface area contributed by atoms with Crippen LogP contribution in [-0.4, -0.2) is 35.9 Å². The van der Waals surface area contributed by atoms with E-state index in [1.165, 1.54) is 0 Å². The Morgan fingerprint density at radius 2 is 2.00 bits per heavy atom. The zero-order valence-electron chi connectivity index (χ0n) is 19.2. The third-order valence-electron chi connectivity index (χ3n) is 6.56.